The molecule has 0 aliphatic carbocycles. The van der Waals surface area contributed by atoms with E-state index in [4.69, 9.17) is 9.84 Å². The molecule has 0 aromatic heterocycles. The second-order valence-corrected chi connectivity index (χ2v) is 7.34. The normalized spacial score (nSPS) is 12.6. The molecule has 2 rings (SSSR count). The predicted octanol–water partition coefficient (Wildman–Crippen LogP) is 2.87. The van der Waals surface area contributed by atoms with E-state index in [0.717, 1.165) is 0 Å². The quantitative estimate of drug-likeness (QED) is 0.829. The van der Waals surface area contributed by atoms with Crippen LogP contribution in [0.25, 0.3) is 0 Å². The van der Waals surface area contributed by atoms with Crippen molar-refractivity contribution in [1.29, 1.82) is 0 Å². The van der Waals surface area contributed by atoms with Gasteiger partial charge in [0.25, 0.3) is 0 Å². The van der Waals surface area contributed by atoms with Crippen LogP contribution in [0.3, 0.4) is 0 Å². The van der Waals surface area contributed by atoms with Gasteiger partial charge in [-0.3, -0.25) is 4.79 Å². The molecule has 1 unspecified atom stereocenters. The minimum atomic E-state index is -3.73. The number of ether oxygens (including phenoxy) is 1. The van der Waals surface area contributed by atoms with Crippen LogP contribution < -0.4 is 4.74 Å². The van der Waals surface area contributed by atoms with Crippen molar-refractivity contribution in [2.75, 3.05) is 12.9 Å². The Kier molecular flexibility index (Phi) is 5.56. The lowest BCUT2D eigenvalue weighted by Gasteiger charge is -2.16. The molecule has 0 aliphatic rings. The van der Waals surface area contributed by atoms with Crippen LogP contribution in [0, 0.1) is 5.82 Å². The van der Waals surface area contributed by atoms with Crippen molar-refractivity contribution >= 4 is 15.8 Å². The molecule has 7 heteroatoms. The maximum absolute atomic E-state index is 13.1. The van der Waals surface area contributed by atoms with E-state index in [9.17, 15) is 17.6 Å². The van der Waals surface area contributed by atoms with E-state index in [0.29, 0.717) is 11.3 Å². The van der Waals surface area contributed by atoms with E-state index in [1.807, 2.05) is 0 Å². The summed E-state index contributed by atoms with van der Waals surface area (Å²) in [4.78, 5) is 11.1. The lowest BCUT2D eigenvalue weighted by atomic mass is 9.98. The van der Waals surface area contributed by atoms with Crippen LogP contribution in [0.15, 0.2) is 53.4 Å². The van der Waals surface area contributed by atoms with Gasteiger partial charge in [0.05, 0.1) is 24.2 Å². The van der Waals surface area contributed by atoms with Crippen molar-refractivity contribution in [2.24, 2.45) is 0 Å². The second kappa shape index (κ2) is 7.44. The third kappa shape index (κ3) is 4.55. The minimum absolute atomic E-state index is 0.0550. The molecule has 1 N–H and O–H groups in total. The van der Waals surface area contributed by atoms with Gasteiger partial charge in [-0.1, -0.05) is 18.2 Å². The highest BCUT2D eigenvalue weighted by atomic mass is 32.2. The van der Waals surface area contributed by atoms with E-state index in [1.54, 1.807) is 12.1 Å². The summed E-state index contributed by atoms with van der Waals surface area (Å²) in [6.45, 7) is 0. The molecule has 0 amide bonds. The summed E-state index contributed by atoms with van der Waals surface area (Å²) < 4.78 is 43.3. The smallest absolute Gasteiger partial charge is 0.303 e. The Balaban J connectivity index is 2.33. The maximum Gasteiger partial charge on any atom is 0.303 e. The molecule has 0 fully saturated rings. The zero-order valence-electron chi connectivity index (χ0n) is 13.0. The molecule has 0 spiro atoms. The Morgan fingerprint density at radius 1 is 1.21 bits per heavy atom. The first kappa shape index (κ1) is 17.9. The van der Waals surface area contributed by atoms with Crippen molar-refractivity contribution in [3.8, 4) is 5.75 Å². The number of rotatable bonds is 7. The number of methoxy groups -OCH3 is 1. The second-order valence-electron chi connectivity index (χ2n) is 5.31. The van der Waals surface area contributed by atoms with E-state index in [1.165, 1.54) is 43.5 Å². The van der Waals surface area contributed by atoms with Gasteiger partial charge in [-0.15, -0.1) is 0 Å². The van der Waals surface area contributed by atoms with Gasteiger partial charge in [0, 0.05) is 5.92 Å². The molecule has 2 aromatic rings. The van der Waals surface area contributed by atoms with E-state index in [-0.39, 0.29) is 11.3 Å². The summed E-state index contributed by atoms with van der Waals surface area (Å²) in [5.74, 6) is -2.36. The summed E-state index contributed by atoms with van der Waals surface area (Å²) in [6, 6.07) is 11.2. The number of hydrogen-bond donors (Lipinski definition) is 1. The first-order chi connectivity index (χ1) is 11.3. The number of aliphatic carboxylic acids is 1. The molecule has 24 heavy (non-hydrogen) atoms. The summed E-state index contributed by atoms with van der Waals surface area (Å²) in [7, 11) is -2.31. The largest absolute Gasteiger partial charge is 0.497 e. The Hall–Kier alpha value is -2.41. The highest BCUT2D eigenvalue weighted by Gasteiger charge is 2.25. The summed E-state index contributed by atoms with van der Waals surface area (Å²) in [5.41, 5.74) is 0.463. The molecule has 0 heterocycles. The Labute approximate surface area is 139 Å². The van der Waals surface area contributed by atoms with Crippen molar-refractivity contribution in [1.82, 2.24) is 0 Å². The van der Waals surface area contributed by atoms with Gasteiger partial charge in [-0.05, 0) is 35.9 Å². The lowest BCUT2D eigenvalue weighted by Crippen LogP contribution is -2.18. The molecule has 0 bridgehead atoms. The van der Waals surface area contributed by atoms with Crippen molar-refractivity contribution in [3.63, 3.8) is 0 Å². The first-order valence-electron chi connectivity index (χ1n) is 7.16. The van der Waals surface area contributed by atoms with Gasteiger partial charge in [0.2, 0.25) is 0 Å². The fourth-order valence-corrected chi connectivity index (χ4v) is 3.99. The topological polar surface area (TPSA) is 80.7 Å². The highest BCUT2D eigenvalue weighted by molar-refractivity contribution is 7.91. The number of carboxylic acid groups (broad SMARTS) is 1. The summed E-state index contributed by atoms with van der Waals surface area (Å²) >= 11 is 0. The summed E-state index contributed by atoms with van der Waals surface area (Å²) in [5, 5.41) is 9.06. The van der Waals surface area contributed by atoms with Gasteiger partial charge >= 0.3 is 5.97 Å². The van der Waals surface area contributed by atoms with Crippen molar-refractivity contribution in [3.05, 3.63) is 59.9 Å². The number of carbonyl (C=O) groups is 1. The fraction of sp³-hybridized carbons (Fsp3) is 0.235. The van der Waals surface area contributed by atoms with Crippen LogP contribution in [0.4, 0.5) is 4.39 Å². The Morgan fingerprint density at radius 2 is 1.88 bits per heavy atom. The van der Waals surface area contributed by atoms with Crippen LogP contribution >= 0.6 is 0 Å². The molecule has 0 saturated heterocycles. The van der Waals surface area contributed by atoms with Crippen LogP contribution in [0.1, 0.15) is 17.9 Å². The third-order valence-corrected chi connectivity index (χ3v) is 5.40. The average Bonchev–Trinajstić information content (AvgIpc) is 2.54. The molecular formula is C17H17FO5S. The summed E-state index contributed by atoms with van der Waals surface area (Å²) in [6.07, 6.45) is -0.366. The van der Waals surface area contributed by atoms with Crippen molar-refractivity contribution in [2.45, 2.75) is 17.2 Å². The third-order valence-electron chi connectivity index (χ3n) is 3.58. The maximum atomic E-state index is 13.1. The van der Waals surface area contributed by atoms with Gasteiger partial charge in [-0.25, -0.2) is 12.8 Å². The van der Waals surface area contributed by atoms with Gasteiger partial charge in [0.15, 0.2) is 9.84 Å². The van der Waals surface area contributed by atoms with E-state index < -0.39 is 33.3 Å². The molecular weight excluding hydrogens is 335 g/mol. The zero-order chi connectivity index (χ0) is 17.7. The van der Waals surface area contributed by atoms with Gasteiger partial charge in [0.1, 0.15) is 11.6 Å². The van der Waals surface area contributed by atoms with Crippen LogP contribution in [-0.4, -0.2) is 32.4 Å². The minimum Gasteiger partial charge on any atom is -0.497 e. The van der Waals surface area contributed by atoms with Gasteiger partial charge < -0.3 is 9.84 Å². The SMILES string of the molecule is COc1cccc(S(=O)(=O)CC(CC(=O)O)c2ccc(F)cc2)c1. The van der Waals surface area contributed by atoms with Crippen LogP contribution in [-0.2, 0) is 14.6 Å². The average molecular weight is 352 g/mol. The van der Waals surface area contributed by atoms with Crippen molar-refractivity contribution < 1.29 is 27.4 Å². The molecule has 2 aromatic carbocycles. The lowest BCUT2D eigenvalue weighted by molar-refractivity contribution is -0.137. The molecule has 0 radical (unpaired) electrons. The van der Waals surface area contributed by atoms with E-state index in [2.05, 4.69) is 0 Å². The Morgan fingerprint density at radius 3 is 2.46 bits per heavy atom. The number of halogens is 1. The molecule has 1 atom stereocenters. The van der Waals surface area contributed by atoms with Crippen LogP contribution in [0.5, 0.6) is 5.75 Å². The zero-order valence-corrected chi connectivity index (χ0v) is 13.8. The fourth-order valence-electron chi connectivity index (χ4n) is 2.37. The first-order valence-corrected chi connectivity index (χ1v) is 8.81. The number of benzene rings is 2. The molecule has 0 saturated carbocycles. The monoisotopic (exact) mass is 352 g/mol. The number of sulfone groups is 1. The predicted molar refractivity (Wildman–Crippen MR) is 86.4 cm³/mol. The molecule has 0 aliphatic heterocycles. The Bertz CT molecular complexity index is 815. The molecule has 128 valence electrons. The standard InChI is InChI=1S/C17H17FO5S/c1-23-15-3-2-4-16(10-15)24(21,22)11-13(9-17(19)20)12-5-7-14(18)8-6-12/h2-8,10,13H,9,11H2,1H3,(H,19,20). The van der Waals surface area contributed by atoms with Crippen LogP contribution in [0.2, 0.25) is 0 Å². The highest BCUT2D eigenvalue weighted by Crippen LogP contribution is 2.26. The number of hydrogen-bond acceptors (Lipinski definition) is 4. The number of carboxylic acids is 1. The van der Waals surface area contributed by atoms with Gasteiger partial charge in [-0.2, -0.15) is 0 Å². The molecule has 5 nitrogen and oxygen atoms in total. The van der Waals surface area contributed by atoms with E-state index >= 15 is 0 Å².